The van der Waals surface area contributed by atoms with Gasteiger partial charge in [-0.25, -0.2) is 9.18 Å². The Morgan fingerprint density at radius 3 is 2.50 bits per heavy atom. The zero-order valence-corrected chi connectivity index (χ0v) is 19.5. The topological polar surface area (TPSA) is 40.5 Å². The van der Waals surface area contributed by atoms with Crippen molar-refractivity contribution in [2.24, 2.45) is 0 Å². The van der Waals surface area contributed by atoms with Gasteiger partial charge < -0.3 is 19.7 Å². The van der Waals surface area contributed by atoms with Crippen molar-refractivity contribution >= 4 is 17.4 Å². The molecule has 0 aliphatic carbocycles. The molecule has 0 saturated heterocycles. The van der Waals surface area contributed by atoms with Crippen molar-refractivity contribution in [3.63, 3.8) is 0 Å². The summed E-state index contributed by atoms with van der Waals surface area (Å²) in [6.07, 6.45) is 2.03. The first-order chi connectivity index (χ1) is 16.4. The van der Waals surface area contributed by atoms with Crippen LogP contribution in [0.3, 0.4) is 0 Å². The Hall–Kier alpha value is -4.06. The van der Waals surface area contributed by atoms with Crippen LogP contribution >= 0.6 is 0 Å². The van der Waals surface area contributed by atoms with Crippen molar-refractivity contribution in [2.75, 3.05) is 24.3 Å². The van der Waals surface area contributed by atoms with E-state index in [2.05, 4.69) is 46.3 Å². The number of hydrogen-bond acceptors (Lipinski definition) is 2. The zero-order chi connectivity index (χ0) is 23.8. The minimum atomic E-state index is -0.344. The molecule has 0 bridgehead atoms. The van der Waals surface area contributed by atoms with Crippen LogP contribution < -0.4 is 10.2 Å². The lowest BCUT2D eigenvalue weighted by Gasteiger charge is -2.31. The molecule has 5 nitrogen and oxygen atoms in total. The summed E-state index contributed by atoms with van der Waals surface area (Å²) in [5, 5.41) is 2.92. The lowest BCUT2D eigenvalue weighted by Crippen LogP contribution is -2.38. The molecule has 1 unspecified atom stereocenters. The number of benzene rings is 3. The minimum Gasteiger partial charge on any atom is -0.378 e. The van der Waals surface area contributed by atoms with Crippen LogP contribution in [0, 0.1) is 12.7 Å². The highest BCUT2D eigenvalue weighted by Crippen LogP contribution is 2.37. The van der Waals surface area contributed by atoms with E-state index in [1.807, 2.05) is 54.4 Å². The van der Waals surface area contributed by atoms with E-state index in [1.165, 1.54) is 6.07 Å². The molecule has 34 heavy (non-hydrogen) atoms. The molecule has 172 valence electrons. The van der Waals surface area contributed by atoms with E-state index < -0.39 is 0 Å². The zero-order valence-electron chi connectivity index (χ0n) is 19.5. The molecule has 2 amide bonds. The van der Waals surface area contributed by atoms with Crippen LogP contribution in [0.25, 0.3) is 5.69 Å². The maximum Gasteiger partial charge on any atom is 0.322 e. The smallest absolute Gasteiger partial charge is 0.322 e. The Labute approximate surface area is 199 Å². The van der Waals surface area contributed by atoms with Gasteiger partial charge in [-0.15, -0.1) is 0 Å². The van der Waals surface area contributed by atoms with Crippen molar-refractivity contribution in [1.29, 1.82) is 0 Å². The third kappa shape index (κ3) is 3.92. The Morgan fingerprint density at radius 2 is 1.76 bits per heavy atom. The van der Waals surface area contributed by atoms with Crippen LogP contribution in [0.5, 0.6) is 0 Å². The molecule has 2 heterocycles. The summed E-state index contributed by atoms with van der Waals surface area (Å²) >= 11 is 0. The number of hydrogen-bond donors (Lipinski definition) is 1. The molecule has 0 saturated carbocycles. The first kappa shape index (κ1) is 21.8. The number of fused-ring (bicyclic) bond motifs is 3. The predicted octanol–water partition coefficient (Wildman–Crippen LogP) is 6.13. The molecule has 4 aromatic rings. The standard InChI is InChI=1S/C28H27FN4O/c1-19-10-13-22(17-24(19)29)30-28(34)33-18-21-7-4-5-8-25(21)32-16-6-9-26(32)27(33)20-11-14-23(15-12-20)31(2)3/h4-17,27H,18H2,1-3H3,(H,30,34). The van der Waals surface area contributed by atoms with Crippen LogP contribution in [0.2, 0.25) is 0 Å². The third-order valence-electron chi connectivity index (χ3n) is 6.37. The number of para-hydroxylation sites is 1. The number of anilines is 2. The summed E-state index contributed by atoms with van der Waals surface area (Å²) in [7, 11) is 4.01. The largest absolute Gasteiger partial charge is 0.378 e. The molecule has 0 spiro atoms. The van der Waals surface area contributed by atoms with Gasteiger partial charge in [0.1, 0.15) is 5.82 Å². The molecular weight excluding hydrogens is 427 g/mol. The highest BCUT2D eigenvalue weighted by atomic mass is 19.1. The number of carbonyl (C=O) groups is 1. The molecule has 1 aliphatic heterocycles. The Kier molecular flexibility index (Phi) is 5.57. The number of nitrogens with one attached hydrogen (secondary N) is 1. The summed E-state index contributed by atoms with van der Waals surface area (Å²) in [6, 6.07) is 24.6. The number of amides is 2. The fourth-order valence-electron chi connectivity index (χ4n) is 4.51. The molecular formula is C28H27FN4O. The van der Waals surface area contributed by atoms with E-state index in [0.717, 1.165) is 28.2 Å². The normalized spacial score (nSPS) is 14.7. The average molecular weight is 455 g/mol. The summed E-state index contributed by atoms with van der Waals surface area (Å²) in [4.78, 5) is 17.6. The number of aryl methyl sites for hydroxylation is 1. The van der Waals surface area contributed by atoms with Crippen LogP contribution in [0.4, 0.5) is 20.6 Å². The van der Waals surface area contributed by atoms with Crippen LogP contribution in [-0.4, -0.2) is 29.6 Å². The van der Waals surface area contributed by atoms with Crippen molar-refractivity contribution in [1.82, 2.24) is 9.47 Å². The summed E-state index contributed by atoms with van der Waals surface area (Å²) in [6.45, 7) is 2.12. The number of nitrogens with zero attached hydrogens (tertiary/aromatic N) is 3. The highest BCUT2D eigenvalue weighted by Gasteiger charge is 2.33. The van der Waals surface area contributed by atoms with E-state index in [9.17, 15) is 9.18 Å². The van der Waals surface area contributed by atoms with Crippen LogP contribution in [0.1, 0.15) is 28.4 Å². The fourth-order valence-corrected chi connectivity index (χ4v) is 4.51. The number of aromatic nitrogens is 1. The first-order valence-electron chi connectivity index (χ1n) is 11.3. The SMILES string of the molecule is Cc1ccc(NC(=O)N2Cc3ccccc3-n3cccc3C2c2ccc(N(C)C)cc2)cc1F. The van der Waals surface area contributed by atoms with Gasteiger partial charge in [-0.3, -0.25) is 0 Å². The Bertz CT molecular complexity index is 1340. The van der Waals surface area contributed by atoms with E-state index >= 15 is 0 Å². The second kappa shape index (κ2) is 8.71. The van der Waals surface area contributed by atoms with E-state index in [-0.39, 0.29) is 17.9 Å². The molecule has 6 heteroatoms. The van der Waals surface area contributed by atoms with Gasteiger partial charge in [0.2, 0.25) is 0 Å². The van der Waals surface area contributed by atoms with Gasteiger partial charge in [-0.05, 0) is 66.1 Å². The van der Waals surface area contributed by atoms with Gasteiger partial charge in [-0.1, -0.05) is 36.4 Å². The maximum atomic E-state index is 14.2. The molecule has 1 N–H and O–H groups in total. The lowest BCUT2D eigenvalue weighted by molar-refractivity contribution is 0.194. The van der Waals surface area contributed by atoms with Gasteiger partial charge in [0.15, 0.2) is 0 Å². The number of rotatable bonds is 3. The third-order valence-corrected chi connectivity index (χ3v) is 6.37. The fraction of sp³-hybridized carbons (Fsp3) is 0.179. The van der Waals surface area contributed by atoms with Crippen molar-refractivity contribution < 1.29 is 9.18 Å². The summed E-state index contributed by atoms with van der Waals surface area (Å²) in [5.41, 5.74) is 6.14. The molecule has 1 aliphatic rings. The van der Waals surface area contributed by atoms with Crippen LogP contribution in [0.15, 0.2) is 85.1 Å². The molecule has 0 radical (unpaired) electrons. The number of carbonyl (C=O) groups excluding carboxylic acids is 1. The van der Waals surface area contributed by atoms with Crippen molar-refractivity contribution in [2.45, 2.75) is 19.5 Å². The van der Waals surface area contributed by atoms with Gasteiger partial charge in [0.05, 0.1) is 18.3 Å². The Balaban J connectivity index is 1.60. The molecule has 0 fully saturated rings. The molecule has 1 aromatic heterocycles. The lowest BCUT2D eigenvalue weighted by atomic mass is 10.0. The quantitative estimate of drug-likeness (QED) is 0.405. The maximum absolute atomic E-state index is 14.2. The minimum absolute atomic E-state index is 0.283. The van der Waals surface area contributed by atoms with Gasteiger partial charge >= 0.3 is 6.03 Å². The second-order valence-corrected chi connectivity index (χ2v) is 8.84. The van der Waals surface area contributed by atoms with Gasteiger partial charge in [-0.2, -0.15) is 0 Å². The van der Waals surface area contributed by atoms with Crippen LogP contribution in [-0.2, 0) is 6.54 Å². The van der Waals surface area contributed by atoms with Crippen molar-refractivity contribution in [3.05, 3.63) is 113 Å². The van der Waals surface area contributed by atoms with E-state index in [0.29, 0.717) is 17.8 Å². The average Bonchev–Trinajstić information content (AvgIpc) is 3.26. The van der Waals surface area contributed by atoms with Gasteiger partial charge in [0.25, 0.3) is 0 Å². The number of urea groups is 1. The predicted molar refractivity (Wildman–Crippen MR) is 134 cm³/mol. The van der Waals surface area contributed by atoms with E-state index in [4.69, 9.17) is 0 Å². The van der Waals surface area contributed by atoms with Gasteiger partial charge in [0, 0.05) is 37.4 Å². The summed E-state index contributed by atoms with van der Waals surface area (Å²) in [5.74, 6) is -0.344. The highest BCUT2D eigenvalue weighted by molar-refractivity contribution is 5.90. The molecule has 5 rings (SSSR count). The second-order valence-electron chi connectivity index (χ2n) is 8.84. The first-order valence-corrected chi connectivity index (χ1v) is 11.3. The summed E-state index contributed by atoms with van der Waals surface area (Å²) < 4.78 is 16.3. The van der Waals surface area contributed by atoms with Crippen molar-refractivity contribution in [3.8, 4) is 5.69 Å². The number of halogens is 1. The monoisotopic (exact) mass is 454 g/mol. The van der Waals surface area contributed by atoms with E-state index in [1.54, 1.807) is 19.1 Å². The molecule has 1 atom stereocenters. The molecule has 3 aromatic carbocycles. The Morgan fingerprint density at radius 1 is 1.00 bits per heavy atom.